The second-order valence-corrected chi connectivity index (χ2v) is 4.25. The first-order valence-corrected chi connectivity index (χ1v) is 6.26. The monoisotopic (exact) mass is 242 g/mol. The van der Waals surface area contributed by atoms with E-state index in [1.54, 1.807) is 19.0 Å². The number of carbonyl (C=O) groups excluding carboxylic acids is 1. The number of guanidine groups is 1. The molecule has 5 nitrogen and oxygen atoms in total. The van der Waals surface area contributed by atoms with E-state index in [2.05, 4.69) is 29.5 Å². The lowest BCUT2D eigenvalue weighted by Gasteiger charge is -2.16. The Balaban J connectivity index is 4.15. The predicted molar refractivity (Wildman–Crippen MR) is 72.2 cm³/mol. The third kappa shape index (κ3) is 7.60. The minimum absolute atomic E-state index is 0.105. The summed E-state index contributed by atoms with van der Waals surface area (Å²) in [5, 5.41) is 6.45. The quantitative estimate of drug-likeness (QED) is 0.535. The van der Waals surface area contributed by atoms with Crippen LogP contribution in [0.5, 0.6) is 0 Å². The van der Waals surface area contributed by atoms with Crippen LogP contribution in [0.3, 0.4) is 0 Å². The number of carbonyl (C=O) groups is 1. The molecule has 100 valence electrons. The summed E-state index contributed by atoms with van der Waals surface area (Å²) in [6, 6.07) is 0.386. The predicted octanol–water partition coefficient (Wildman–Crippen LogP) is 0.818. The molecule has 0 aromatic carbocycles. The van der Waals surface area contributed by atoms with Gasteiger partial charge in [0.05, 0.1) is 6.54 Å². The Morgan fingerprint density at radius 1 is 1.35 bits per heavy atom. The van der Waals surface area contributed by atoms with Crippen LogP contribution in [0, 0.1) is 0 Å². The highest BCUT2D eigenvalue weighted by Gasteiger charge is 2.04. The maximum Gasteiger partial charge on any atom is 0.223 e. The van der Waals surface area contributed by atoms with E-state index < -0.39 is 0 Å². The normalized spacial score (nSPS) is 13.1. The van der Waals surface area contributed by atoms with Crippen LogP contribution in [-0.2, 0) is 4.79 Å². The van der Waals surface area contributed by atoms with E-state index in [0.717, 1.165) is 18.9 Å². The van der Waals surface area contributed by atoms with Crippen LogP contribution in [0.25, 0.3) is 0 Å². The fourth-order valence-corrected chi connectivity index (χ4v) is 1.14. The van der Waals surface area contributed by atoms with Crippen LogP contribution in [0.1, 0.15) is 33.6 Å². The highest BCUT2D eigenvalue weighted by atomic mass is 16.2. The lowest BCUT2D eigenvalue weighted by molar-refractivity contribution is -0.128. The molecular formula is C12H26N4O. The van der Waals surface area contributed by atoms with E-state index in [1.807, 2.05) is 6.92 Å². The van der Waals surface area contributed by atoms with Crippen LogP contribution in [0.2, 0.25) is 0 Å². The molecule has 0 aromatic heterocycles. The van der Waals surface area contributed by atoms with Crippen molar-refractivity contribution in [2.24, 2.45) is 4.99 Å². The summed E-state index contributed by atoms with van der Waals surface area (Å²) in [5.74, 6) is 0.890. The lowest BCUT2D eigenvalue weighted by Crippen LogP contribution is -2.42. The van der Waals surface area contributed by atoms with Crippen LogP contribution < -0.4 is 10.6 Å². The van der Waals surface area contributed by atoms with Crippen molar-refractivity contribution in [3.05, 3.63) is 0 Å². The van der Waals surface area contributed by atoms with Gasteiger partial charge in [0.15, 0.2) is 5.96 Å². The number of hydrogen-bond donors (Lipinski definition) is 2. The topological polar surface area (TPSA) is 56.7 Å². The maximum absolute atomic E-state index is 11.4. The molecule has 1 atom stereocenters. The van der Waals surface area contributed by atoms with Crippen molar-refractivity contribution in [1.82, 2.24) is 15.5 Å². The number of amides is 1. The molecule has 0 spiro atoms. The Bertz CT molecular complexity index is 251. The number of rotatable bonds is 6. The van der Waals surface area contributed by atoms with E-state index in [1.165, 1.54) is 0 Å². The van der Waals surface area contributed by atoms with E-state index in [-0.39, 0.29) is 5.91 Å². The van der Waals surface area contributed by atoms with Gasteiger partial charge in [0.25, 0.3) is 0 Å². The van der Waals surface area contributed by atoms with Crippen LogP contribution in [-0.4, -0.2) is 50.0 Å². The van der Waals surface area contributed by atoms with E-state index in [4.69, 9.17) is 0 Å². The maximum atomic E-state index is 11.4. The SMILES string of the molecule is CCNC(=NCCC(=O)N(C)C)NC(C)CC. The summed E-state index contributed by atoms with van der Waals surface area (Å²) in [4.78, 5) is 17.3. The zero-order valence-corrected chi connectivity index (χ0v) is 11.7. The van der Waals surface area contributed by atoms with Gasteiger partial charge in [0, 0.05) is 33.1 Å². The van der Waals surface area contributed by atoms with Gasteiger partial charge in [-0.3, -0.25) is 9.79 Å². The molecule has 1 amide bonds. The van der Waals surface area contributed by atoms with E-state index >= 15 is 0 Å². The van der Waals surface area contributed by atoms with E-state index in [9.17, 15) is 4.79 Å². The van der Waals surface area contributed by atoms with Gasteiger partial charge in [0.2, 0.25) is 5.91 Å². The van der Waals surface area contributed by atoms with Crippen molar-refractivity contribution >= 4 is 11.9 Å². The number of nitrogens with zero attached hydrogens (tertiary/aromatic N) is 2. The Morgan fingerprint density at radius 2 is 2.00 bits per heavy atom. The number of nitrogens with one attached hydrogen (secondary N) is 2. The summed E-state index contributed by atoms with van der Waals surface area (Å²) >= 11 is 0. The standard InChI is InChI=1S/C12H26N4O/c1-6-10(3)15-12(13-7-2)14-9-8-11(17)16(4)5/h10H,6-9H2,1-5H3,(H2,13,14,15). The lowest BCUT2D eigenvalue weighted by atomic mass is 10.3. The smallest absolute Gasteiger partial charge is 0.223 e. The molecule has 0 aromatic rings. The summed E-state index contributed by atoms with van der Waals surface area (Å²) in [6.45, 7) is 7.60. The van der Waals surface area contributed by atoms with Gasteiger partial charge in [-0.25, -0.2) is 0 Å². The molecule has 0 fully saturated rings. The first-order chi connectivity index (χ1) is 8.01. The third-order valence-electron chi connectivity index (χ3n) is 2.43. The van der Waals surface area contributed by atoms with Crippen LogP contribution >= 0.6 is 0 Å². The van der Waals surface area contributed by atoms with Crippen molar-refractivity contribution in [2.45, 2.75) is 39.7 Å². The zero-order chi connectivity index (χ0) is 13.3. The van der Waals surface area contributed by atoms with Gasteiger partial charge in [-0.2, -0.15) is 0 Å². The molecule has 0 saturated heterocycles. The molecular weight excluding hydrogens is 216 g/mol. The molecule has 5 heteroatoms. The Labute approximate surface area is 105 Å². The van der Waals surface area contributed by atoms with Gasteiger partial charge in [-0.15, -0.1) is 0 Å². The third-order valence-corrected chi connectivity index (χ3v) is 2.43. The first kappa shape index (κ1) is 15.7. The van der Waals surface area contributed by atoms with Crippen molar-refractivity contribution in [2.75, 3.05) is 27.2 Å². The van der Waals surface area contributed by atoms with E-state index in [0.29, 0.717) is 19.0 Å². The molecule has 0 aliphatic carbocycles. The highest BCUT2D eigenvalue weighted by Crippen LogP contribution is 1.90. The first-order valence-electron chi connectivity index (χ1n) is 6.26. The summed E-state index contributed by atoms with van der Waals surface area (Å²) in [7, 11) is 3.52. The van der Waals surface area contributed by atoms with Crippen molar-refractivity contribution in [1.29, 1.82) is 0 Å². The van der Waals surface area contributed by atoms with Gasteiger partial charge in [-0.1, -0.05) is 6.92 Å². The summed E-state index contributed by atoms with van der Waals surface area (Å²) < 4.78 is 0. The molecule has 0 aliphatic heterocycles. The summed E-state index contributed by atoms with van der Waals surface area (Å²) in [6.07, 6.45) is 1.49. The molecule has 0 rings (SSSR count). The van der Waals surface area contributed by atoms with Crippen molar-refractivity contribution < 1.29 is 4.79 Å². The molecule has 2 N–H and O–H groups in total. The zero-order valence-electron chi connectivity index (χ0n) is 11.7. The Hall–Kier alpha value is -1.26. The van der Waals surface area contributed by atoms with Gasteiger partial charge >= 0.3 is 0 Å². The molecule has 0 saturated carbocycles. The molecule has 1 unspecified atom stereocenters. The van der Waals surface area contributed by atoms with Crippen molar-refractivity contribution in [3.63, 3.8) is 0 Å². The molecule has 0 radical (unpaired) electrons. The molecule has 0 aliphatic rings. The average molecular weight is 242 g/mol. The fourth-order valence-electron chi connectivity index (χ4n) is 1.14. The van der Waals surface area contributed by atoms with Gasteiger partial charge < -0.3 is 15.5 Å². The van der Waals surface area contributed by atoms with Crippen LogP contribution in [0.15, 0.2) is 4.99 Å². The van der Waals surface area contributed by atoms with Crippen LogP contribution in [0.4, 0.5) is 0 Å². The fraction of sp³-hybridized carbons (Fsp3) is 0.833. The second kappa shape index (κ2) is 8.84. The Morgan fingerprint density at radius 3 is 2.47 bits per heavy atom. The largest absolute Gasteiger partial charge is 0.357 e. The molecule has 0 heterocycles. The van der Waals surface area contributed by atoms with Crippen molar-refractivity contribution in [3.8, 4) is 0 Å². The minimum Gasteiger partial charge on any atom is -0.357 e. The highest BCUT2D eigenvalue weighted by molar-refractivity contribution is 5.81. The molecule has 0 bridgehead atoms. The van der Waals surface area contributed by atoms with Gasteiger partial charge in [-0.05, 0) is 20.3 Å². The average Bonchev–Trinajstić information content (AvgIpc) is 2.28. The van der Waals surface area contributed by atoms with Gasteiger partial charge in [0.1, 0.15) is 0 Å². The Kier molecular flexibility index (Phi) is 8.19. The molecule has 17 heavy (non-hydrogen) atoms. The minimum atomic E-state index is 0.105. The number of aliphatic imine (C=N–C) groups is 1. The number of hydrogen-bond acceptors (Lipinski definition) is 2. The second-order valence-electron chi connectivity index (χ2n) is 4.25. The summed E-state index contributed by atoms with van der Waals surface area (Å²) in [5.41, 5.74) is 0.